The molecule has 3 N–H and O–H groups in total. The van der Waals surface area contributed by atoms with Gasteiger partial charge in [-0.2, -0.15) is 0 Å². The molecule has 2 heterocycles. The van der Waals surface area contributed by atoms with Gasteiger partial charge in [0.1, 0.15) is 6.10 Å². The van der Waals surface area contributed by atoms with Crippen molar-refractivity contribution in [1.29, 1.82) is 0 Å². The molecule has 1 aromatic carbocycles. The van der Waals surface area contributed by atoms with E-state index in [1.165, 1.54) is 0 Å². The quantitative estimate of drug-likeness (QED) is 0.842. The van der Waals surface area contributed by atoms with Crippen molar-refractivity contribution in [3.63, 3.8) is 0 Å². The first-order valence-electron chi connectivity index (χ1n) is 7.16. The first-order chi connectivity index (χ1) is 10.7. The second kappa shape index (κ2) is 6.20. The van der Waals surface area contributed by atoms with Crippen LogP contribution in [-0.2, 0) is 16.6 Å². The number of rotatable bonds is 4. The number of nitrogens with two attached hydrogens (primary N) is 1. The van der Waals surface area contributed by atoms with Gasteiger partial charge >= 0.3 is 0 Å². The van der Waals surface area contributed by atoms with Crippen molar-refractivity contribution >= 4 is 11.6 Å². The van der Waals surface area contributed by atoms with Crippen LogP contribution in [-0.4, -0.2) is 44.9 Å². The third kappa shape index (κ3) is 2.97. The van der Waals surface area contributed by atoms with E-state index in [-0.39, 0.29) is 12.0 Å². The Morgan fingerprint density at radius 2 is 2.36 bits per heavy atom. The maximum absolute atomic E-state index is 12.2. The number of aryl methyl sites for hydroxylation is 1. The number of amides is 1. The van der Waals surface area contributed by atoms with Crippen LogP contribution in [0.1, 0.15) is 12.8 Å². The minimum atomic E-state index is -0.436. The molecule has 2 aromatic rings. The van der Waals surface area contributed by atoms with E-state index in [0.29, 0.717) is 24.5 Å². The van der Waals surface area contributed by atoms with Crippen molar-refractivity contribution in [2.24, 2.45) is 12.8 Å². The Bertz CT molecular complexity index is 671. The molecule has 8 nitrogen and oxygen atoms in total. The van der Waals surface area contributed by atoms with Gasteiger partial charge in [0.15, 0.2) is 5.82 Å². The van der Waals surface area contributed by atoms with Gasteiger partial charge in [-0.15, -0.1) is 5.10 Å². The molecule has 3 rings (SSSR count). The Morgan fingerprint density at radius 3 is 3.05 bits per heavy atom. The first-order valence-corrected chi connectivity index (χ1v) is 7.16. The molecular weight excluding hydrogens is 284 g/mol. The third-order valence-corrected chi connectivity index (χ3v) is 3.67. The van der Waals surface area contributed by atoms with Crippen LogP contribution in [0, 0.1) is 0 Å². The Labute approximate surface area is 127 Å². The molecule has 22 heavy (non-hydrogen) atoms. The normalized spacial score (nSPS) is 21.0. The maximum Gasteiger partial charge on any atom is 0.253 e. The van der Waals surface area contributed by atoms with Gasteiger partial charge in [-0.1, -0.05) is 12.1 Å². The Hall–Kier alpha value is -2.32. The summed E-state index contributed by atoms with van der Waals surface area (Å²) in [6.45, 7) is 0.443. The zero-order chi connectivity index (χ0) is 15.5. The lowest BCUT2D eigenvalue weighted by Gasteiger charge is -2.13. The summed E-state index contributed by atoms with van der Waals surface area (Å²) < 4.78 is 7.17. The third-order valence-electron chi connectivity index (χ3n) is 3.67. The lowest BCUT2D eigenvalue weighted by Crippen LogP contribution is -2.29. The standard InChI is InChI=1S/C14H18N6O2/c1-20-13(17-18-19-20)9-3-2-4-10(7-9)16-14(21)12-6-5-11(8-15)22-12/h2-4,7,11-12H,5-6,8,15H2,1H3,(H,16,21)/t11-,12+/m1/s1. The van der Waals surface area contributed by atoms with Gasteiger partial charge in [0.25, 0.3) is 5.91 Å². The molecule has 116 valence electrons. The molecule has 0 bridgehead atoms. The van der Waals surface area contributed by atoms with Gasteiger partial charge in [0.2, 0.25) is 0 Å². The molecule has 1 aliphatic heterocycles. The average Bonchev–Trinajstić information content (AvgIpc) is 3.16. The highest BCUT2D eigenvalue weighted by molar-refractivity contribution is 5.94. The second-order valence-electron chi connectivity index (χ2n) is 5.26. The number of benzene rings is 1. The number of nitrogens with one attached hydrogen (secondary N) is 1. The van der Waals surface area contributed by atoms with E-state index in [1.807, 2.05) is 24.3 Å². The topological polar surface area (TPSA) is 108 Å². The number of carbonyl (C=O) groups is 1. The summed E-state index contributed by atoms with van der Waals surface area (Å²) in [6, 6.07) is 7.38. The number of ether oxygens (including phenoxy) is 1. The molecular formula is C14H18N6O2. The molecule has 0 radical (unpaired) electrons. The van der Waals surface area contributed by atoms with E-state index in [1.54, 1.807) is 11.7 Å². The summed E-state index contributed by atoms with van der Waals surface area (Å²) in [5, 5.41) is 14.2. The van der Waals surface area contributed by atoms with E-state index in [9.17, 15) is 4.79 Å². The smallest absolute Gasteiger partial charge is 0.253 e. The summed E-state index contributed by atoms with van der Waals surface area (Å²) >= 11 is 0. The number of aromatic nitrogens is 4. The predicted molar refractivity (Wildman–Crippen MR) is 79.8 cm³/mol. The molecule has 1 saturated heterocycles. The number of hydrogen-bond donors (Lipinski definition) is 2. The van der Waals surface area contributed by atoms with Crippen LogP contribution in [0.4, 0.5) is 5.69 Å². The molecule has 1 aliphatic rings. The van der Waals surface area contributed by atoms with Crippen LogP contribution in [0.3, 0.4) is 0 Å². The summed E-state index contributed by atoms with van der Waals surface area (Å²) in [4.78, 5) is 12.2. The Kier molecular flexibility index (Phi) is 4.12. The minimum absolute atomic E-state index is 0.0215. The van der Waals surface area contributed by atoms with Gasteiger partial charge in [-0.3, -0.25) is 4.79 Å². The zero-order valence-electron chi connectivity index (χ0n) is 12.3. The zero-order valence-corrected chi connectivity index (χ0v) is 12.3. The summed E-state index contributed by atoms with van der Waals surface area (Å²) in [7, 11) is 1.76. The fraction of sp³-hybridized carbons (Fsp3) is 0.429. The summed E-state index contributed by atoms with van der Waals surface area (Å²) in [5.41, 5.74) is 7.08. The number of carbonyl (C=O) groups excluding carboxylic acids is 1. The lowest BCUT2D eigenvalue weighted by atomic mass is 10.1. The van der Waals surface area contributed by atoms with Crippen molar-refractivity contribution in [2.75, 3.05) is 11.9 Å². The number of hydrogen-bond acceptors (Lipinski definition) is 6. The molecule has 1 fully saturated rings. The number of anilines is 1. The fourth-order valence-electron chi connectivity index (χ4n) is 2.50. The van der Waals surface area contributed by atoms with Crippen LogP contribution in [0.5, 0.6) is 0 Å². The maximum atomic E-state index is 12.2. The van der Waals surface area contributed by atoms with Crippen LogP contribution < -0.4 is 11.1 Å². The molecule has 0 unspecified atom stereocenters. The monoisotopic (exact) mass is 302 g/mol. The van der Waals surface area contributed by atoms with Gasteiger partial charge in [-0.25, -0.2) is 4.68 Å². The highest BCUT2D eigenvalue weighted by Crippen LogP contribution is 2.23. The van der Waals surface area contributed by atoms with E-state index < -0.39 is 6.10 Å². The molecule has 2 atom stereocenters. The van der Waals surface area contributed by atoms with Gasteiger partial charge in [0.05, 0.1) is 6.10 Å². The SMILES string of the molecule is Cn1nnnc1-c1cccc(NC(=O)[C@@H]2CC[C@H](CN)O2)c1. The molecule has 0 aliphatic carbocycles. The minimum Gasteiger partial charge on any atom is -0.364 e. The predicted octanol–water partition coefficient (Wildman–Crippen LogP) is 0.322. The molecule has 0 saturated carbocycles. The van der Waals surface area contributed by atoms with E-state index in [0.717, 1.165) is 12.0 Å². The van der Waals surface area contributed by atoms with E-state index in [4.69, 9.17) is 10.5 Å². The summed E-state index contributed by atoms with van der Waals surface area (Å²) in [5.74, 6) is 0.487. The molecule has 8 heteroatoms. The highest BCUT2D eigenvalue weighted by Gasteiger charge is 2.29. The van der Waals surface area contributed by atoms with Crippen molar-refractivity contribution < 1.29 is 9.53 Å². The van der Waals surface area contributed by atoms with E-state index in [2.05, 4.69) is 20.8 Å². The number of tetrazole rings is 1. The second-order valence-corrected chi connectivity index (χ2v) is 5.26. The molecule has 1 amide bonds. The van der Waals surface area contributed by atoms with Crippen LogP contribution in [0.15, 0.2) is 24.3 Å². The highest BCUT2D eigenvalue weighted by atomic mass is 16.5. The van der Waals surface area contributed by atoms with Crippen molar-refractivity contribution in [3.05, 3.63) is 24.3 Å². The average molecular weight is 302 g/mol. The van der Waals surface area contributed by atoms with Crippen molar-refractivity contribution in [3.8, 4) is 11.4 Å². The molecule has 0 spiro atoms. The van der Waals surface area contributed by atoms with Gasteiger partial charge in [-0.05, 0) is 35.4 Å². The lowest BCUT2D eigenvalue weighted by molar-refractivity contribution is -0.126. The van der Waals surface area contributed by atoms with Crippen molar-refractivity contribution in [1.82, 2.24) is 20.2 Å². The summed E-state index contributed by atoms with van der Waals surface area (Å²) in [6.07, 6.45) is 1.06. The largest absolute Gasteiger partial charge is 0.364 e. The fourth-order valence-corrected chi connectivity index (χ4v) is 2.50. The van der Waals surface area contributed by atoms with Crippen LogP contribution in [0.25, 0.3) is 11.4 Å². The van der Waals surface area contributed by atoms with Gasteiger partial charge in [0, 0.05) is 24.8 Å². The van der Waals surface area contributed by atoms with Gasteiger partial charge < -0.3 is 15.8 Å². The van der Waals surface area contributed by atoms with Crippen LogP contribution >= 0.6 is 0 Å². The Morgan fingerprint density at radius 1 is 1.50 bits per heavy atom. The molecule has 1 aromatic heterocycles. The van der Waals surface area contributed by atoms with Crippen molar-refractivity contribution in [2.45, 2.75) is 25.0 Å². The van der Waals surface area contributed by atoms with Crippen LogP contribution in [0.2, 0.25) is 0 Å². The first kappa shape index (κ1) is 14.6. The van der Waals surface area contributed by atoms with E-state index >= 15 is 0 Å². The Balaban J connectivity index is 1.71. The number of nitrogens with zero attached hydrogens (tertiary/aromatic N) is 4.